The second-order valence-corrected chi connectivity index (χ2v) is 9.72. The zero-order chi connectivity index (χ0) is 29.6. The summed E-state index contributed by atoms with van der Waals surface area (Å²) in [7, 11) is 1.47. The van der Waals surface area contributed by atoms with Crippen LogP contribution >= 0.6 is 12.2 Å². The minimum atomic E-state index is -0.546. The van der Waals surface area contributed by atoms with Gasteiger partial charge in [0, 0.05) is 5.69 Å². The van der Waals surface area contributed by atoms with E-state index in [0.717, 1.165) is 5.56 Å². The Kier molecular flexibility index (Phi) is 8.40. The molecule has 1 aliphatic rings. The number of para-hydroxylation sites is 3. The number of rotatable bonds is 8. The van der Waals surface area contributed by atoms with Gasteiger partial charge in [0.15, 0.2) is 23.2 Å². The van der Waals surface area contributed by atoms with Gasteiger partial charge < -0.3 is 14.8 Å². The van der Waals surface area contributed by atoms with Crippen molar-refractivity contribution in [3.8, 4) is 11.5 Å². The average Bonchev–Trinajstić information content (AvgIpc) is 3.01. The largest absolute Gasteiger partial charge is 0.493 e. The van der Waals surface area contributed by atoms with Crippen LogP contribution in [0.25, 0.3) is 6.08 Å². The van der Waals surface area contributed by atoms with Gasteiger partial charge in [-0.05, 0) is 78.8 Å². The van der Waals surface area contributed by atoms with Crippen LogP contribution in [0.1, 0.15) is 11.1 Å². The zero-order valence-electron chi connectivity index (χ0n) is 22.9. The Bertz CT molecular complexity index is 1630. The van der Waals surface area contributed by atoms with Crippen LogP contribution in [0.5, 0.6) is 11.5 Å². The summed E-state index contributed by atoms with van der Waals surface area (Å²) in [5.41, 5.74) is 3.16. The van der Waals surface area contributed by atoms with Gasteiger partial charge in [-0.1, -0.05) is 60.7 Å². The van der Waals surface area contributed by atoms with E-state index in [1.165, 1.54) is 23.0 Å². The number of ether oxygens (including phenoxy) is 2. The van der Waals surface area contributed by atoms with Gasteiger partial charge in [0.25, 0.3) is 17.7 Å². The molecule has 42 heavy (non-hydrogen) atoms. The maximum Gasteiger partial charge on any atom is 0.270 e. The minimum absolute atomic E-state index is 0.0600. The Labute approximate surface area is 248 Å². The summed E-state index contributed by atoms with van der Waals surface area (Å²) in [6.07, 6.45) is 1.50. The summed E-state index contributed by atoms with van der Waals surface area (Å²) in [4.78, 5) is 42.6. The van der Waals surface area contributed by atoms with Crippen LogP contribution in [0.4, 0.5) is 17.1 Å². The minimum Gasteiger partial charge on any atom is -0.493 e. The molecule has 0 radical (unpaired) electrons. The molecule has 0 saturated carbocycles. The lowest BCUT2D eigenvalue weighted by Gasteiger charge is -2.36. The van der Waals surface area contributed by atoms with Gasteiger partial charge in [-0.25, -0.2) is 0 Å². The van der Waals surface area contributed by atoms with Crippen molar-refractivity contribution >= 4 is 58.2 Å². The first-order valence-electron chi connectivity index (χ1n) is 13.1. The lowest BCUT2D eigenvalue weighted by molar-refractivity contribution is -0.121. The molecule has 1 heterocycles. The van der Waals surface area contributed by atoms with E-state index in [9.17, 15) is 14.4 Å². The lowest BCUT2D eigenvalue weighted by Crippen LogP contribution is -2.56. The number of nitrogens with one attached hydrogen (secondary N) is 1. The molecule has 0 aliphatic carbocycles. The molecule has 1 aliphatic heterocycles. The van der Waals surface area contributed by atoms with E-state index >= 15 is 0 Å². The molecule has 3 amide bonds. The number of benzene rings is 4. The van der Waals surface area contributed by atoms with Gasteiger partial charge >= 0.3 is 0 Å². The number of carbonyl (C=O) groups excluding carboxylic acids is 3. The van der Waals surface area contributed by atoms with Crippen LogP contribution in [-0.4, -0.2) is 36.6 Å². The van der Waals surface area contributed by atoms with E-state index in [1.54, 1.807) is 66.7 Å². The third-order valence-electron chi connectivity index (χ3n) is 6.55. The summed E-state index contributed by atoms with van der Waals surface area (Å²) < 4.78 is 11.2. The highest BCUT2D eigenvalue weighted by Crippen LogP contribution is 2.32. The summed E-state index contributed by atoms with van der Waals surface area (Å²) >= 11 is 5.65. The van der Waals surface area contributed by atoms with Crippen LogP contribution < -0.4 is 24.6 Å². The number of amides is 3. The topological polar surface area (TPSA) is 88.2 Å². The van der Waals surface area contributed by atoms with Crippen LogP contribution in [-0.2, 0) is 14.4 Å². The van der Waals surface area contributed by atoms with Crippen LogP contribution in [0, 0.1) is 6.92 Å². The quantitative estimate of drug-likeness (QED) is 0.163. The first-order valence-corrected chi connectivity index (χ1v) is 13.5. The maximum atomic E-state index is 13.7. The highest BCUT2D eigenvalue weighted by molar-refractivity contribution is 7.81. The Balaban J connectivity index is 1.43. The Morgan fingerprint density at radius 3 is 1.95 bits per heavy atom. The molecular formula is C33H27N3O5S. The standard InChI is InChI=1S/C33H27N3O5S/c1-22-11-9-10-16-27(22)34-30(37)21-41-28-18-17-23(20-29(28)40-2)19-26-31(38)35(24-12-5-3-6-13-24)33(42)36(32(26)39)25-14-7-4-8-15-25/h3-20H,21H2,1-2H3,(H,34,37). The fraction of sp³-hybridized carbons (Fsp3) is 0.0909. The molecule has 4 aromatic rings. The van der Waals surface area contributed by atoms with Gasteiger partial charge in [-0.15, -0.1) is 0 Å². The van der Waals surface area contributed by atoms with Crippen LogP contribution in [0.15, 0.2) is 109 Å². The number of methoxy groups -OCH3 is 1. The SMILES string of the molecule is COc1cc(C=C2C(=O)N(c3ccccc3)C(=S)N(c3ccccc3)C2=O)ccc1OCC(=O)Nc1ccccc1C. The van der Waals surface area contributed by atoms with Crippen molar-refractivity contribution < 1.29 is 23.9 Å². The van der Waals surface area contributed by atoms with E-state index in [-0.39, 0.29) is 23.2 Å². The molecule has 0 unspecified atom stereocenters. The lowest BCUT2D eigenvalue weighted by atomic mass is 10.0. The number of hydrogen-bond donors (Lipinski definition) is 1. The van der Waals surface area contributed by atoms with E-state index in [1.807, 2.05) is 43.3 Å². The Morgan fingerprint density at radius 1 is 0.810 bits per heavy atom. The summed E-state index contributed by atoms with van der Waals surface area (Å²) in [6.45, 7) is 1.66. The number of hydrogen-bond acceptors (Lipinski definition) is 6. The Morgan fingerprint density at radius 2 is 1.38 bits per heavy atom. The second kappa shape index (κ2) is 12.5. The molecule has 1 saturated heterocycles. The number of anilines is 3. The molecule has 0 bridgehead atoms. The molecule has 4 aromatic carbocycles. The fourth-order valence-electron chi connectivity index (χ4n) is 4.44. The molecular weight excluding hydrogens is 550 g/mol. The van der Waals surface area contributed by atoms with Crippen molar-refractivity contribution in [3.63, 3.8) is 0 Å². The van der Waals surface area contributed by atoms with Crippen molar-refractivity contribution in [1.29, 1.82) is 0 Å². The maximum absolute atomic E-state index is 13.7. The van der Waals surface area contributed by atoms with Crippen molar-refractivity contribution in [3.05, 3.63) is 120 Å². The van der Waals surface area contributed by atoms with E-state index < -0.39 is 11.8 Å². The average molecular weight is 578 g/mol. The Hall–Kier alpha value is -5.28. The van der Waals surface area contributed by atoms with Gasteiger partial charge in [0.2, 0.25) is 0 Å². The van der Waals surface area contributed by atoms with Crippen molar-refractivity contribution in [1.82, 2.24) is 0 Å². The zero-order valence-corrected chi connectivity index (χ0v) is 23.8. The second-order valence-electron chi connectivity index (χ2n) is 9.35. The number of thiocarbonyl (C=S) groups is 1. The predicted molar refractivity (Wildman–Crippen MR) is 167 cm³/mol. The molecule has 5 rings (SSSR count). The third kappa shape index (κ3) is 5.91. The predicted octanol–water partition coefficient (Wildman–Crippen LogP) is 5.77. The van der Waals surface area contributed by atoms with Crippen molar-refractivity contribution in [2.24, 2.45) is 0 Å². The molecule has 1 N–H and O–H groups in total. The van der Waals surface area contributed by atoms with E-state index in [0.29, 0.717) is 34.1 Å². The smallest absolute Gasteiger partial charge is 0.270 e. The fourth-order valence-corrected chi connectivity index (χ4v) is 4.82. The number of nitrogens with zero attached hydrogens (tertiary/aromatic N) is 2. The first kappa shape index (κ1) is 28.3. The number of carbonyl (C=O) groups is 3. The number of aryl methyl sites for hydroxylation is 1. The highest BCUT2D eigenvalue weighted by Gasteiger charge is 2.41. The van der Waals surface area contributed by atoms with Gasteiger partial charge in [0.05, 0.1) is 18.5 Å². The summed E-state index contributed by atoms with van der Waals surface area (Å²) in [5, 5.41) is 2.88. The van der Waals surface area contributed by atoms with Crippen LogP contribution in [0.3, 0.4) is 0 Å². The normalized spacial score (nSPS) is 13.2. The molecule has 210 valence electrons. The third-order valence-corrected chi connectivity index (χ3v) is 6.92. The summed E-state index contributed by atoms with van der Waals surface area (Å²) in [6, 6.07) is 30.3. The molecule has 0 aromatic heterocycles. The highest BCUT2D eigenvalue weighted by atomic mass is 32.1. The van der Waals surface area contributed by atoms with Gasteiger partial charge in [-0.3, -0.25) is 24.2 Å². The molecule has 0 atom stereocenters. The molecule has 8 nitrogen and oxygen atoms in total. The molecule has 1 fully saturated rings. The van der Waals surface area contributed by atoms with Gasteiger partial charge in [0.1, 0.15) is 5.57 Å². The van der Waals surface area contributed by atoms with E-state index in [2.05, 4.69) is 5.32 Å². The molecule has 0 spiro atoms. The van der Waals surface area contributed by atoms with E-state index in [4.69, 9.17) is 21.7 Å². The monoisotopic (exact) mass is 577 g/mol. The van der Waals surface area contributed by atoms with Gasteiger partial charge in [-0.2, -0.15) is 0 Å². The van der Waals surface area contributed by atoms with Crippen molar-refractivity contribution in [2.45, 2.75) is 6.92 Å². The van der Waals surface area contributed by atoms with Crippen molar-refractivity contribution in [2.75, 3.05) is 28.8 Å². The molecule has 9 heteroatoms. The van der Waals surface area contributed by atoms with Crippen LogP contribution in [0.2, 0.25) is 0 Å². The first-order chi connectivity index (χ1) is 20.4. The summed E-state index contributed by atoms with van der Waals surface area (Å²) in [5.74, 6) is -0.752.